The van der Waals surface area contributed by atoms with E-state index < -0.39 is 0 Å². The van der Waals surface area contributed by atoms with Crippen LogP contribution in [-0.2, 0) is 18.3 Å². The third kappa shape index (κ3) is 4.59. The monoisotopic (exact) mass is 301 g/mol. The molecule has 0 aliphatic rings. The van der Waals surface area contributed by atoms with Gasteiger partial charge in [-0.15, -0.1) is 0 Å². The summed E-state index contributed by atoms with van der Waals surface area (Å²) in [7, 11) is 0. The Labute approximate surface area is 133 Å². The first-order valence-corrected chi connectivity index (χ1v) is 7.82. The maximum absolute atomic E-state index is 6.27. The highest BCUT2D eigenvalue weighted by Gasteiger charge is 2.13. The first-order chi connectivity index (χ1) is 9.86. The second-order valence-corrected chi connectivity index (χ2v) is 7.11. The molecule has 1 atom stereocenters. The lowest BCUT2D eigenvalue weighted by atomic mass is 9.86. The van der Waals surface area contributed by atoms with Gasteiger partial charge < -0.3 is 5.73 Å². The number of hydrogen-bond donors (Lipinski definition) is 1. The third-order valence-electron chi connectivity index (χ3n) is 3.76. The summed E-state index contributed by atoms with van der Waals surface area (Å²) >= 11 is 6.19. The van der Waals surface area contributed by atoms with E-state index >= 15 is 0 Å². The van der Waals surface area contributed by atoms with E-state index in [1.54, 1.807) is 0 Å². The smallest absolute Gasteiger partial charge is 0.0438 e. The normalized spacial score (nSPS) is 13.2. The SMILES string of the molecule is CC(C)(C)c1ccc(CC(N)Cc2ccccc2Cl)cc1. The van der Waals surface area contributed by atoms with E-state index in [0.29, 0.717) is 0 Å². The largest absolute Gasteiger partial charge is 0.327 e. The molecule has 0 radical (unpaired) electrons. The van der Waals surface area contributed by atoms with Gasteiger partial charge in [-0.3, -0.25) is 0 Å². The lowest BCUT2D eigenvalue weighted by molar-refractivity contribution is 0.589. The maximum atomic E-state index is 6.27. The number of rotatable bonds is 4. The van der Waals surface area contributed by atoms with Gasteiger partial charge in [-0.25, -0.2) is 0 Å². The molecule has 21 heavy (non-hydrogen) atoms. The van der Waals surface area contributed by atoms with E-state index in [9.17, 15) is 0 Å². The molecule has 0 aromatic heterocycles. The van der Waals surface area contributed by atoms with Gasteiger partial charge in [0.15, 0.2) is 0 Å². The van der Waals surface area contributed by atoms with Crippen molar-refractivity contribution in [3.8, 4) is 0 Å². The summed E-state index contributed by atoms with van der Waals surface area (Å²) in [5.74, 6) is 0. The van der Waals surface area contributed by atoms with Crippen LogP contribution < -0.4 is 5.73 Å². The van der Waals surface area contributed by atoms with Crippen molar-refractivity contribution >= 4 is 11.6 Å². The summed E-state index contributed by atoms with van der Waals surface area (Å²) in [6.07, 6.45) is 1.68. The number of nitrogens with two attached hydrogens (primary N) is 1. The molecule has 2 rings (SSSR count). The predicted octanol–water partition coefficient (Wildman–Crippen LogP) is 4.75. The van der Waals surface area contributed by atoms with Crippen LogP contribution in [0.4, 0.5) is 0 Å². The van der Waals surface area contributed by atoms with Crippen molar-refractivity contribution in [1.29, 1.82) is 0 Å². The van der Waals surface area contributed by atoms with Gasteiger partial charge in [-0.05, 0) is 41.0 Å². The second kappa shape index (κ2) is 6.64. The summed E-state index contributed by atoms with van der Waals surface area (Å²) in [5, 5.41) is 0.802. The standard InChI is InChI=1S/C19H24ClN/c1-19(2,3)16-10-8-14(9-11-16)12-17(21)13-15-6-4-5-7-18(15)20/h4-11,17H,12-13,21H2,1-3H3. The molecule has 0 aliphatic heterocycles. The molecule has 1 unspecified atom stereocenters. The quantitative estimate of drug-likeness (QED) is 0.866. The maximum Gasteiger partial charge on any atom is 0.0438 e. The van der Waals surface area contributed by atoms with E-state index in [1.165, 1.54) is 11.1 Å². The number of hydrogen-bond acceptors (Lipinski definition) is 1. The van der Waals surface area contributed by atoms with E-state index in [0.717, 1.165) is 23.4 Å². The Morgan fingerprint density at radius 1 is 0.952 bits per heavy atom. The van der Waals surface area contributed by atoms with E-state index in [1.807, 2.05) is 24.3 Å². The molecule has 0 bridgehead atoms. The fraction of sp³-hybridized carbons (Fsp3) is 0.368. The molecular formula is C19H24ClN. The highest BCUT2D eigenvalue weighted by molar-refractivity contribution is 6.31. The molecule has 0 saturated heterocycles. The third-order valence-corrected chi connectivity index (χ3v) is 4.13. The van der Waals surface area contributed by atoms with Crippen LogP contribution in [0.25, 0.3) is 0 Å². The average Bonchev–Trinajstić information content (AvgIpc) is 2.41. The van der Waals surface area contributed by atoms with Gasteiger partial charge in [0.25, 0.3) is 0 Å². The molecular weight excluding hydrogens is 278 g/mol. The minimum Gasteiger partial charge on any atom is -0.327 e. The fourth-order valence-electron chi connectivity index (χ4n) is 2.46. The van der Waals surface area contributed by atoms with E-state index in [4.69, 9.17) is 17.3 Å². The van der Waals surface area contributed by atoms with Crippen LogP contribution >= 0.6 is 11.6 Å². The lowest BCUT2D eigenvalue weighted by Gasteiger charge is -2.19. The van der Waals surface area contributed by atoms with Crippen LogP contribution in [0, 0.1) is 0 Å². The van der Waals surface area contributed by atoms with Crippen molar-refractivity contribution in [2.75, 3.05) is 0 Å². The summed E-state index contributed by atoms with van der Waals surface area (Å²) in [5.41, 5.74) is 10.2. The topological polar surface area (TPSA) is 26.0 Å². The van der Waals surface area contributed by atoms with Crippen molar-refractivity contribution in [1.82, 2.24) is 0 Å². The van der Waals surface area contributed by atoms with E-state index in [2.05, 4.69) is 45.0 Å². The number of halogens is 1. The van der Waals surface area contributed by atoms with Gasteiger partial charge in [0, 0.05) is 11.1 Å². The molecule has 1 nitrogen and oxygen atoms in total. The van der Waals surface area contributed by atoms with Crippen molar-refractivity contribution in [3.63, 3.8) is 0 Å². The molecule has 2 heteroatoms. The second-order valence-electron chi connectivity index (χ2n) is 6.71. The Morgan fingerprint density at radius 3 is 2.14 bits per heavy atom. The Bertz CT molecular complexity index is 581. The van der Waals surface area contributed by atoms with Crippen molar-refractivity contribution in [3.05, 3.63) is 70.2 Å². The summed E-state index contributed by atoms with van der Waals surface area (Å²) in [4.78, 5) is 0. The van der Waals surface area contributed by atoms with Crippen LogP contribution in [0.5, 0.6) is 0 Å². The zero-order chi connectivity index (χ0) is 15.5. The molecule has 0 heterocycles. The van der Waals surface area contributed by atoms with Crippen LogP contribution in [0.3, 0.4) is 0 Å². The first-order valence-electron chi connectivity index (χ1n) is 7.44. The molecule has 0 amide bonds. The molecule has 2 aromatic rings. The highest BCUT2D eigenvalue weighted by Crippen LogP contribution is 2.23. The molecule has 0 fully saturated rings. The molecule has 0 saturated carbocycles. The molecule has 0 aliphatic carbocycles. The Morgan fingerprint density at radius 2 is 1.57 bits per heavy atom. The Balaban J connectivity index is 2.00. The zero-order valence-corrected chi connectivity index (χ0v) is 13.8. The average molecular weight is 302 g/mol. The first kappa shape index (κ1) is 16.1. The van der Waals surface area contributed by atoms with E-state index in [-0.39, 0.29) is 11.5 Å². The minimum absolute atomic E-state index is 0.0883. The molecule has 112 valence electrons. The van der Waals surface area contributed by atoms with Crippen molar-refractivity contribution in [2.24, 2.45) is 5.73 Å². The highest BCUT2D eigenvalue weighted by atomic mass is 35.5. The molecule has 0 spiro atoms. The van der Waals surface area contributed by atoms with Gasteiger partial charge in [0.2, 0.25) is 0 Å². The van der Waals surface area contributed by atoms with Crippen molar-refractivity contribution < 1.29 is 0 Å². The fourth-order valence-corrected chi connectivity index (χ4v) is 2.68. The molecule has 2 aromatic carbocycles. The summed E-state index contributed by atoms with van der Waals surface area (Å²) in [6, 6.07) is 16.8. The van der Waals surface area contributed by atoms with Crippen LogP contribution in [0.1, 0.15) is 37.5 Å². The predicted molar refractivity (Wildman–Crippen MR) is 92.0 cm³/mol. The minimum atomic E-state index is 0.0883. The molecule has 2 N–H and O–H groups in total. The zero-order valence-electron chi connectivity index (χ0n) is 13.1. The number of benzene rings is 2. The summed E-state index contributed by atoms with van der Waals surface area (Å²) < 4.78 is 0. The van der Waals surface area contributed by atoms with Gasteiger partial charge in [0.1, 0.15) is 0 Å². The lowest BCUT2D eigenvalue weighted by Crippen LogP contribution is -2.25. The van der Waals surface area contributed by atoms with Crippen LogP contribution in [0.2, 0.25) is 5.02 Å². The van der Waals surface area contributed by atoms with Crippen LogP contribution in [-0.4, -0.2) is 6.04 Å². The Kier molecular flexibility index (Phi) is 5.08. The van der Waals surface area contributed by atoms with Gasteiger partial charge in [0.05, 0.1) is 0 Å². The van der Waals surface area contributed by atoms with Crippen molar-refractivity contribution in [2.45, 2.75) is 45.1 Å². The van der Waals surface area contributed by atoms with Gasteiger partial charge in [-0.2, -0.15) is 0 Å². The van der Waals surface area contributed by atoms with Gasteiger partial charge in [-0.1, -0.05) is 74.8 Å². The summed E-state index contributed by atoms with van der Waals surface area (Å²) in [6.45, 7) is 6.68. The van der Waals surface area contributed by atoms with Crippen LogP contribution in [0.15, 0.2) is 48.5 Å². The van der Waals surface area contributed by atoms with Gasteiger partial charge >= 0.3 is 0 Å². The Hall–Kier alpha value is -1.31.